The minimum Gasteiger partial charge on any atom is -0.466 e. The molecule has 0 aromatic heterocycles. The van der Waals surface area contributed by atoms with Gasteiger partial charge in [-0.2, -0.15) is 17.2 Å². The summed E-state index contributed by atoms with van der Waals surface area (Å²) in [7, 11) is -5.64. The quantitative estimate of drug-likeness (QED) is 0.490. The third-order valence-electron chi connectivity index (χ3n) is 2.06. The Morgan fingerprint density at radius 1 is 1.35 bits per heavy atom. The maximum atomic E-state index is 12.8. The Bertz CT molecular complexity index is 594. The fourth-order valence-corrected chi connectivity index (χ4v) is 1.28. The topological polar surface area (TPSA) is 89.9 Å². The zero-order valence-electron chi connectivity index (χ0n) is 9.95. The molecule has 1 rings (SSSR count). The van der Waals surface area contributed by atoms with E-state index < -0.39 is 27.9 Å². The Hall–Kier alpha value is -2.00. The van der Waals surface area contributed by atoms with Crippen LogP contribution in [0.5, 0.6) is 5.75 Å². The molecule has 1 aromatic rings. The van der Waals surface area contributed by atoms with Crippen LogP contribution in [0, 0.1) is 0 Å². The van der Waals surface area contributed by atoms with Gasteiger partial charge in [-0.1, -0.05) is 6.58 Å². The van der Waals surface area contributed by atoms with Gasteiger partial charge in [-0.05, 0) is 24.3 Å². The Morgan fingerprint density at radius 3 is 2.35 bits per heavy atom. The Kier molecular flexibility index (Phi) is 4.79. The van der Waals surface area contributed by atoms with E-state index in [1.165, 1.54) is 24.3 Å². The van der Waals surface area contributed by atoms with Gasteiger partial charge in [-0.25, -0.2) is 4.79 Å². The molecule has 0 spiro atoms. The van der Waals surface area contributed by atoms with Gasteiger partial charge in [-0.15, -0.1) is 0 Å². The molecule has 6 nitrogen and oxygen atoms in total. The molecule has 0 heterocycles. The highest BCUT2D eigenvalue weighted by Crippen LogP contribution is 2.21. The van der Waals surface area contributed by atoms with Gasteiger partial charge in [0.1, 0.15) is 5.75 Å². The minimum absolute atomic E-state index is 0.0902. The largest absolute Gasteiger partial charge is 0.466 e. The number of carbonyl (C=O) groups is 1. The first kappa shape index (κ1) is 16.1. The lowest BCUT2D eigenvalue weighted by Gasteiger charge is -2.13. The van der Waals surface area contributed by atoms with Crippen molar-refractivity contribution in [3.8, 4) is 5.75 Å². The van der Waals surface area contributed by atoms with Gasteiger partial charge in [0.15, 0.2) is 6.61 Å². The smallest absolute Gasteiger partial charge is 0.402 e. The number of esters is 1. The first-order valence-corrected chi connectivity index (χ1v) is 6.51. The van der Waals surface area contributed by atoms with E-state index in [0.717, 1.165) is 6.26 Å². The van der Waals surface area contributed by atoms with E-state index in [0.29, 0.717) is 5.75 Å². The average molecular weight is 308 g/mol. The molecule has 0 saturated heterocycles. The molecule has 0 bridgehead atoms. The van der Waals surface area contributed by atoms with Crippen LogP contribution >= 0.6 is 0 Å². The number of carbonyl (C=O) groups excluding carboxylic acids is 1. The van der Waals surface area contributed by atoms with E-state index in [-0.39, 0.29) is 5.56 Å². The summed E-state index contributed by atoms with van der Waals surface area (Å²) in [4.78, 5) is 11.4. The van der Waals surface area contributed by atoms with E-state index >= 15 is 0 Å². The summed E-state index contributed by atoms with van der Waals surface area (Å²) >= 11 is 0. The summed E-state index contributed by atoms with van der Waals surface area (Å²) in [5.41, 5.74) is -0.0902. The first-order chi connectivity index (χ1) is 9.17. The first-order valence-electron chi connectivity index (χ1n) is 5.07. The molecule has 0 amide bonds. The van der Waals surface area contributed by atoms with Crippen molar-refractivity contribution in [2.24, 2.45) is 0 Å². The van der Waals surface area contributed by atoms with Gasteiger partial charge >= 0.3 is 21.3 Å². The highest BCUT2D eigenvalue weighted by atomic mass is 32.2. The summed E-state index contributed by atoms with van der Waals surface area (Å²) in [5, 5.41) is -4.56. The van der Waals surface area contributed by atoms with Crippen molar-refractivity contribution in [3.63, 3.8) is 0 Å². The van der Waals surface area contributed by atoms with E-state index in [1.54, 1.807) is 0 Å². The van der Waals surface area contributed by atoms with Crippen LogP contribution in [0.4, 0.5) is 8.78 Å². The summed E-state index contributed by atoms with van der Waals surface area (Å²) in [6, 6.07) is 5.18. The molecule has 0 atom stereocenters. The molecule has 0 fully saturated rings. The monoisotopic (exact) mass is 308 g/mol. The Labute approximate surface area is 113 Å². The van der Waals surface area contributed by atoms with Crippen molar-refractivity contribution in [1.29, 1.82) is 0 Å². The predicted octanol–water partition coefficient (Wildman–Crippen LogP) is 1.85. The van der Waals surface area contributed by atoms with Crippen LogP contribution in [0.15, 0.2) is 37.1 Å². The van der Waals surface area contributed by atoms with E-state index in [2.05, 4.69) is 11.3 Å². The average Bonchev–Trinajstić information content (AvgIpc) is 2.36. The summed E-state index contributed by atoms with van der Waals surface area (Å²) in [6.45, 7) is 1.53. The summed E-state index contributed by atoms with van der Waals surface area (Å²) in [6.07, 6.45) is 1.15. The number of hydrogen-bond acceptors (Lipinski definition) is 5. The summed E-state index contributed by atoms with van der Waals surface area (Å²) < 4.78 is 63.5. The maximum Gasteiger partial charge on any atom is 0.402 e. The molecule has 0 aliphatic rings. The molecule has 0 aliphatic heterocycles. The number of benzene rings is 1. The van der Waals surface area contributed by atoms with Crippen molar-refractivity contribution >= 4 is 16.1 Å². The molecular formula is C11H10F2O6S. The van der Waals surface area contributed by atoms with Gasteiger partial charge in [0.25, 0.3) is 0 Å². The van der Waals surface area contributed by atoms with Gasteiger partial charge in [-0.3, -0.25) is 4.55 Å². The Balaban J connectivity index is 2.70. The zero-order valence-corrected chi connectivity index (χ0v) is 10.8. The van der Waals surface area contributed by atoms with Crippen LogP contribution in [0.25, 0.3) is 0 Å². The molecule has 9 heteroatoms. The lowest BCUT2D eigenvalue weighted by molar-refractivity contribution is -0.00950. The summed E-state index contributed by atoms with van der Waals surface area (Å²) in [5.74, 6) is -0.807. The molecule has 20 heavy (non-hydrogen) atoms. The van der Waals surface area contributed by atoms with Crippen LogP contribution in [-0.2, 0) is 14.9 Å². The molecule has 1 aromatic carbocycles. The highest BCUT2D eigenvalue weighted by Gasteiger charge is 2.45. The standard InChI is InChI=1S/C11H10F2O6S/c1-2-18-9-5-3-8(4-6-9)10(14)19-7-11(12,13)20(15,16)17/h2-6H,1,7H2,(H,15,16,17). The van der Waals surface area contributed by atoms with E-state index in [1.807, 2.05) is 0 Å². The number of hydrogen-bond donors (Lipinski definition) is 1. The Morgan fingerprint density at radius 2 is 1.90 bits per heavy atom. The maximum absolute atomic E-state index is 12.8. The third-order valence-corrected chi connectivity index (χ3v) is 2.93. The number of halogens is 2. The second-order valence-electron chi connectivity index (χ2n) is 3.50. The predicted molar refractivity (Wildman–Crippen MR) is 64.0 cm³/mol. The normalized spacial score (nSPS) is 11.8. The molecule has 1 N–H and O–H groups in total. The van der Waals surface area contributed by atoms with Crippen molar-refractivity contribution in [1.82, 2.24) is 0 Å². The van der Waals surface area contributed by atoms with Crippen molar-refractivity contribution in [2.75, 3.05) is 6.61 Å². The van der Waals surface area contributed by atoms with Gasteiger partial charge in [0.05, 0.1) is 11.8 Å². The van der Waals surface area contributed by atoms with Gasteiger partial charge in [0.2, 0.25) is 0 Å². The van der Waals surface area contributed by atoms with Gasteiger partial charge < -0.3 is 9.47 Å². The molecule has 0 saturated carbocycles. The highest BCUT2D eigenvalue weighted by molar-refractivity contribution is 7.86. The second-order valence-corrected chi connectivity index (χ2v) is 5.04. The number of ether oxygens (including phenoxy) is 2. The van der Waals surface area contributed by atoms with Crippen LogP contribution in [0.3, 0.4) is 0 Å². The van der Waals surface area contributed by atoms with Crippen LogP contribution in [-0.4, -0.2) is 30.8 Å². The number of alkyl halides is 2. The molecule has 0 aliphatic carbocycles. The lowest BCUT2D eigenvalue weighted by atomic mass is 10.2. The second kappa shape index (κ2) is 5.97. The van der Waals surface area contributed by atoms with Crippen molar-refractivity contribution in [2.45, 2.75) is 5.25 Å². The van der Waals surface area contributed by atoms with Crippen LogP contribution < -0.4 is 4.74 Å². The molecule has 0 unspecified atom stereocenters. The van der Waals surface area contributed by atoms with Crippen LogP contribution in [0.1, 0.15) is 10.4 Å². The fourth-order valence-electron chi connectivity index (χ4n) is 1.07. The van der Waals surface area contributed by atoms with Crippen molar-refractivity contribution in [3.05, 3.63) is 42.7 Å². The fraction of sp³-hybridized carbons (Fsp3) is 0.182. The minimum atomic E-state index is -5.64. The zero-order chi connectivity index (χ0) is 15.4. The SMILES string of the molecule is C=COc1ccc(C(=O)OCC(F)(F)S(=O)(=O)O)cc1. The van der Waals surface area contributed by atoms with Crippen molar-refractivity contribution < 1.29 is 36.0 Å². The lowest BCUT2D eigenvalue weighted by Crippen LogP contribution is -2.34. The van der Waals surface area contributed by atoms with Crippen LogP contribution in [0.2, 0.25) is 0 Å². The van der Waals surface area contributed by atoms with Gasteiger partial charge in [0, 0.05) is 0 Å². The van der Waals surface area contributed by atoms with E-state index in [4.69, 9.17) is 9.29 Å². The van der Waals surface area contributed by atoms with E-state index in [9.17, 15) is 22.0 Å². The molecule has 0 radical (unpaired) electrons. The third kappa shape index (κ3) is 4.00. The molecular weight excluding hydrogens is 298 g/mol. The molecule has 110 valence electrons. The number of rotatable bonds is 6.